The predicted molar refractivity (Wildman–Crippen MR) is 81.2 cm³/mol. The quantitative estimate of drug-likeness (QED) is 0.870. The highest BCUT2D eigenvalue weighted by atomic mass is 16.4. The summed E-state index contributed by atoms with van der Waals surface area (Å²) in [5, 5.41) is 8.98. The van der Waals surface area contributed by atoms with E-state index in [4.69, 9.17) is 5.11 Å². The van der Waals surface area contributed by atoms with Gasteiger partial charge in [-0.2, -0.15) is 0 Å². The number of anilines is 1. The maximum absolute atomic E-state index is 11.8. The van der Waals surface area contributed by atoms with E-state index in [2.05, 4.69) is 30.9 Å². The molecular formula is C16H22N2O3. The first-order valence-electron chi connectivity index (χ1n) is 7.39. The van der Waals surface area contributed by atoms with Crippen LogP contribution in [-0.2, 0) is 16.1 Å². The Morgan fingerprint density at radius 2 is 1.90 bits per heavy atom. The van der Waals surface area contributed by atoms with E-state index in [1.54, 1.807) is 4.90 Å². The summed E-state index contributed by atoms with van der Waals surface area (Å²) in [6.45, 7) is 6.95. The lowest BCUT2D eigenvalue weighted by molar-refractivity contribution is -0.141. The number of carboxylic acid groups (broad SMARTS) is 1. The summed E-state index contributed by atoms with van der Waals surface area (Å²) in [6, 6.07) is 8.12. The fraction of sp³-hybridized carbons (Fsp3) is 0.500. The molecule has 0 radical (unpaired) electrons. The maximum Gasteiger partial charge on any atom is 0.308 e. The molecule has 1 unspecified atom stereocenters. The molecule has 1 saturated heterocycles. The number of amides is 1. The van der Waals surface area contributed by atoms with Crippen molar-refractivity contribution in [3.05, 3.63) is 29.8 Å². The molecule has 0 aliphatic carbocycles. The van der Waals surface area contributed by atoms with Crippen LogP contribution in [0.4, 0.5) is 5.69 Å². The minimum atomic E-state index is -0.886. The Bertz CT molecular complexity index is 509. The van der Waals surface area contributed by atoms with Crippen LogP contribution in [0.2, 0.25) is 0 Å². The predicted octanol–water partition coefficient (Wildman–Crippen LogP) is 1.97. The molecule has 5 heteroatoms. The number of carbonyl (C=O) groups excluding carboxylic acids is 1. The van der Waals surface area contributed by atoms with Crippen molar-refractivity contribution < 1.29 is 14.7 Å². The topological polar surface area (TPSA) is 60.9 Å². The lowest BCUT2D eigenvalue weighted by Crippen LogP contribution is -2.26. The lowest BCUT2D eigenvalue weighted by Gasteiger charge is -2.22. The van der Waals surface area contributed by atoms with Crippen LogP contribution in [0.3, 0.4) is 0 Å². The zero-order valence-electron chi connectivity index (χ0n) is 12.6. The van der Waals surface area contributed by atoms with Gasteiger partial charge in [0.05, 0.1) is 5.92 Å². The van der Waals surface area contributed by atoms with Gasteiger partial charge in [0.15, 0.2) is 0 Å². The SMILES string of the molecule is CCN(CC)c1ccc(CN2CC(C(=O)O)CC2=O)cc1. The Balaban J connectivity index is 2.01. The Morgan fingerprint density at radius 1 is 1.29 bits per heavy atom. The summed E-state index contributed by atoms with van der Waals surface area (Å²) >= 11 is 0. The van der Waals surface area contributed by atoms with E-state index in [-0.39, 0.29) is 12.3 Å². The monoisotopic (exact) mass is 290 g/mol. The number of carboxylic acids is 1. The average Bonchev–Trinajstić information content (AvgIpc) is 2.84. The first-order chi connectivity index (χ1) is 10.0. The molecule has 0 bridgehead atoms. The van der Waals surface area contributed by atoms with E-state index >= 15 is 0 Å². The summed E-state index contributed by atoms with van der Waals surface area (Å²) in [7, 11) is 0. The number of aliphatic carboxylic acids is 1. The fourth-order valence-electron chi connectivity index (χ4n) is 2.71. The first-order valence-corrected chi connectivity index (χ1v) is 7.39. The lowest BCUT2D eigenvalue weighted by atomic mass is 10.1. The molecule has 1 aliphatic heterocycles. The van der Waals surface area contributed by atoms with E-state index in [9.17, 15) is 9.59 Å². The molecule has 0 aromatic heterocycles. The van der Waals surface area contributed by atoms with Crippen LogP contribution in [0, 0.1) is 5.92 Å². The maximum atomic E-state index is 11.8. The molecular weight excluding hydrogens is 268 g/mol. The molecule has 1 aromatic carbocycles. The van der Waals surface area contributed by atoms with Gasteiger partial charge in [-0.05, 0) is 31.5 Å². The molecule has 1 aliphatic rings. The number of carbonyl (C=O) groups is 2. The molecule has 0 spiro atoms. The number of benzene rings is 1. The van der Waals surface area contributed by atoms with Crippen molar-refractivity contribution in [2.24, 2.45) is 5.92 Å². The smallest absolute Gasteiger partial charge is 0.308 e. The van der Waals surface area contributed by atoms with Crippen molar-refractivity contribution >= 4 is 17.6 Å². The third-order valence-corrected chi connectivity index (χ3v) is 4.00. The van der Waals surface area contributed by atoms with Crippen molar-refractivity contribution in [3.63, 3.8) is 0 Å². The van der Waals surface area contributed by atoms with Crippen molar-refractivity contribution in [2.75, 3.05) is 24.5 Å². The van der Waals surface area contributed by atoms with Crippen LogP contribution in [0.15, 0.2) is 24.3 Å². The Morgan fingerprint density at radius 3 is 2.38 bits per heavy atom. The van der Waals surface area contributed by atoms with Crippen LogP contribution in [-0.4, -0.2) is 41.5 Å². The highest BCUT2D eigenvalue weighted by Crippen LogP contribution is 2.21. The molecule has 1 atom stereocenters. The molecule has 2 rings (SSSR count). The van der Waals surface area contributed by atoms with Gasteiger partial charge in [0.1, 0.15) is 0 Å². The van der Waals surface area contributed by atoms with Gasteiger partial charge < -0.3 is 14.9 Å². The zero-order valence-corrected chi connectivity index (χ0v) is 12.6. The van der Waals surface area contributed by atoms with Crippen molar-refractivity contribution in [3.8, 4) is 0 Å². The third kappa shape index (κ3) is 3.54. The summed E-state index contributed by atoms with van der Waals surface area (Å²) in [6.07, 6.45) is 0.118. The normalized spacial score (nSPS) is 18.1. The number of likely N-dealkylation sites (tertiary alicyclic amines) is 1. The molecule has 21 heavy (non-hydrogen) atoms. The standard InChI is InChI=1S/C16H22N2O3/c1-3-17(4-2)14-7-5-12(6-8-14)10-18-11-13(16(20)21)9-15(18)19/h5-8,13H,3-4,9-11H2,1-2H3,(H,20,21). The minimum absolute atomic E-state index is 0.0739. The molecule has 5 nitrogen and oxygen atoms in total. The van der Waals surface area contributed by atoms with Crippen molar-refractivity contribution in [1.29, 1.82) is 0 Å². The average molecular weight is 290 g/mol. The van der Waals surface area contributed by atoms with E-state index in [1.165, 1.54) is 5.69 Å². The van der Waals surface area contributed by atoms with Crippen LogP contribution in [0.1, 0.15) is 25.8 Å². The largest absolute Gasteiger partial charge is 0.481 e. The molecule has 1 amide bonds. The Kier molecular flexibility index (Phi) is 4.83. The Labute approximate surface area is 125 Å². The van der Waals surface area contributed by atoms with Crippen LogP contribution >= 0.6 is 0 Å². The van der Waals surface area contributed by atoms with E-state index in [0.717, 1.165) is 18.7 Å². The van der Waals surface area contributed by atoms with E-state index < -0.39 is 11.9 Å². The molecule has 1 fully saturated rings. The van der Waals surface area contributed by atoms with Gasteiger partial charge in [-0.1, -0.05) is 12.1 Å². The van der Waals surface area contributed by atoms with Gasteiger partial charge in [0, 0.05) is 38.3 Å². The number of hydrogen-bond donors (Lipinski definition) is 1. The Hall–Kier alpha value is -2.04. The van der Waals surface area contributed by atoms with Gasteiger partial charge in [0.25, 0.3) is 0 Å². The van der Waals surface area contributed by atoms with Gasteiger partial charge in [-0.3, -0.25) is 9.59 Å². The molecule has 1 N–H and O–H groups in total. The second-order valence-corrected chi connectivity index (χ2v) is 5.35. The highest BCUT2D eigenvalue weighted by Gasteiger charge is 2.33. The van der Waals surface area contributed by atoms with Crippen LogP contribution < -0.4 is 4.90 Å². The minimum Gasteiger partial charge on any atom is -0.481 e. The second kappa shape index (κ2) is 6.61. The summed E-state index contributed by atoms with van der Waals surface area (Å²) in [4.78, 5) is 26.6. The van der Waals surface area contributed by atoms with Crippen molar-refractivity contribution in [2.45, 2.75) is 26.8 Å². The fourth-order valence-corrected chi connectivity index (χ4v) is 2.71. The number of nitrogens with zero attached hydrogens (tertiary/aromatic N) is 2. The summed E-state index contributed by atoms with van der Waals surface area (Å²) in [5.41, 5.74) is 2.20. The highest BCUT2D eigenvalue weighted by molar-refractivity contribution is 5.86. The molecule has 1 aromatic rings. The van der Waals surface area contributed by atoms with Gasteiger partial charge in [-0.15, -0.1) is 0 Å². The molecule has 0 saturated carbocycles. The van der Waals surface area contributed by atoms with Gasteiger partial charge in [0.2, 0.25) is 5.91 Å². The number of rotatable bonds is 6. The van der Waals surface area contributed by atoms with E-state index in [0.29, 0.717) is 13.1 Å². The summed E-state index contributed by atoms with van der Waals surface area (Å²) < 4.78 is 0. The third-order valence-electron chi connectivity index (χ3n) is 4.00. The van der Waals surface area contributed by atoms with Gasteiger partial charge in [-0.25, -0.2) is 0 Å². The molecule has 114 valence electrons. The second-order valence-electron chi connectivity index (χ2n) is 5.35. The van der Waals surface area contributed by atoms with Crippen molar-refractivity contribution in [1.82, 2.24) is 4.90 Å². The van der Waals surface area contributed by atoms with Crippen LogP contribution in [0.25, 0.3) is 0 Å². The van der Waals surface area contributed by atoms with E-state index in [1.807, 2.05) is 12.1 Å². The summed E-state index contributed by atoms with van der Waals surface area (Å²) in [5.74, 6) is -1.52. The molecule has 1 heterocycles. The first kappa shape index (κ1) is 15.4. The van der Waals surface area contributed by atoms with Crippen LogP contribution in [0.5, 0.6) is 0 Å². The number of hydrogen-bond acceptors (Lipinski definition) is 3. The van der Waals surface area contributed by atoms with Gasteiger partial charge >= 0.3 is 5.97 Å². The zero-order chi connectivity index (χ0) is 15.4.